The van der Waals surface area contributed by atoms with Crippen molar-refractivity contribution in [1.29, 1.82) is 0 Å². The number of benzene rings is 1. The fraction of sp³-hybridized carbons (Fsp3) is 0.500. The lowest BCUT2D eigenvalue weighted by Gasteiger charge is -2.31. The van der Waals surface area contributed by atoms with Crippen LogP contribution in [0.25, 0.3) is 0 Å². The summed E-state index contributed by atoms with van der Waals surface area (Å²) in [7, 11) is 0. The van der Waals surface area contributed by atoms with Gasteiger partial charge in [0, 0.05) is 30.9 Å². The smallest absolute Gasteiger partial charge is 0.254 e. The molecule has 1 saturated heterocycles. The number of rotatable bonds is 1. The Kier molecular flexibility index (Phi) is 2.96. The second-order valence-corrected chi connectivity index (χ2v) is 4.98. The normalized spacial score (nSPS) is 22.5. The van der Waals surface area contributed by atoms with Crippen molar-refractivity contribution in [2.75, 3.05) is 31.6 Å². The van der Waals surface area contributed by atoms with Gasteiger partial charge in [-0.2, -0.15) is 0 Å². The first-order valence-corrected chi connectivity index (χ1v) is 6.52. The van der Waals surface area contributed by atoms with E-state index in [9.17, 15) is 4.79 Å². The summed E-state index contributed by atoms with van der Waals surface area (Å²) in [4.78, 5) is 14.3. The zero-order chi connectivity index (χ0) is 12.5. The van der Waals surface area contributed by atoms with Crippen LogP contribution >= 0.6 is 0 Å². The van der Waals surface area contributed by atoms with Gasteiger partial charge in [-0.05, 0) is 31.0 Å². The number of carbonyl (C=O) groups is 1. The number of morpholine rings is 1. The van der Waals surface area contributed by atoms with Crippen molar-refractivity contribution in [3.8, 4) is 0 Å². The van der Waals surface area contributed by atoms with Crippen LogP contribution in [0.5, 0.6) is 0 Å². The molecule has 2 aliphatic heterocycles. The Labute approximate surface area is 107 Å². The van der Waals surface area contributed by atoms with Crippen LogP contribution in [0, 0.1) is 0 Å². The molecule has 4 nitrogen and oxygen atoms in total. The third-order valence-electron chi connectivity index (χ3n) is 3.59. The number of fused-ring (bicyclic) bond motifs is 1. The van der Waals surface area contributed by atoms with Gasteiger partial charge in [-0.1, -0.05) is 6.07 Å². The van der Waals surface area contributed by atoms with Crippen molar-refractivity contribution < 1.29 is 9.53 Å². The number of hydrogen-bond donors (Lipinski definition) is 1. The quantitative estimate of drug-likeness (QED) is 0.816. The maximum atomic E-state index is 12.4. The van der Waals surface area contributed by atoms with Gasteiger partial charge in [-0.25, -0.2) is 0 Å². The summed E-state index contributed by atoms with van der Waals surface area (Å²) < 4.78 is 5.46. The van der Waals surface area contributed by atoms with Gasteiger partial charge in [0.05, 0.1) is 12.7 Å². The van der Waals surface area contributed by atoms with Crippen LogP contribution in [0.3, 0.4) is 0 Å². The third kappa shape index (κ3) is 2.08. The number of nitrogens with one attached hydrogen (secondary N) is 1. The highest BCUT2D eigenvalue weighted by Gasteiger charge is 2.23. The standard InChI is InChI=1S/C14H18N2O2/c1-10-9-16(6-7-18-10)14(17)12-3-2-11-4-5-15-13(11)8-12/h2-3,8,10,15H,4-7,9H2,1H3. The molecule has 1 aromatic carbocycles. The number of anilines is 1. The summed E-state index contributed by atoms with van der Waals surface area (Å²) in [5, 5.41) is 3.31. The molecule has 0 radical (unpaired) electrons. The fourth-order valence-electron chi connectivity index (χ4n) is 2.61. The molecule has 0 aliphatic carbocycles. The summed E-state index contributed by atoms with van der Waals surface area (Å²) in [5.74, 6) is 0.113. The lowest BCUT2D eigenvalue weighted by Crippen LogP contribution is -2.44. The van der Waals surface area contributed by atoms with E-state index < -0.39 is 0 Å². The summed E-state index contributed by atoms with van der Waals surface area (Å²) in [6.07, 6.45) is 1.19. The van der Waals surface area contributed by atoms with E-state index in [1.807, 2.05) is 24.0 Å². The molecule has 2 aliphatic rings. The first-order chi connectivity index (χ1) is 8.74. The largest absolute Gasteiger partial charge is 0.384 e. The molecular formula is C14H18N2O2. The Balaban J connectivity index is 1.79. The Morgan fingerprint density at radius 2 is 2.39 bits per heavy atom. The number of ether oxygens (including phenoxy) is 1. The summed E-state index contributed by atoms with van der Waals surface area (Å²) >= 11 is 0. The highest BCUT2D eigenvalue weighted by Crippen LogP contribution is 2.24. The van der Waals surface area contributed by atoms with Crippen molar-refractivity contribution >= 4 is 11.6 Å². The van der Waals surface area contributed by atoms with Crippen molar-refractivity contribution in [2.45, 2.75) is 19.4 Å². The molecule has 1 atom stereocenters. The zero-order valence-electron chi connectivity index (χ0n) is 10.6. The topological polar surface area (TPSA) is 41.6 Å². The van der Waals surface area contributed by atoms with Crippen LogP contribution < -0.4 is 5.32 Å². The Morgan fingerprint density at radius 1 is 1.50 bits per heavy atom. The molecule has 1 fully saturated rings. The maximum Gasteiger partial charge on any atom is 0.254 e. The van der Waals surface area contributed by atoms with E-state index >= 15 is 0 Å². The Morgan fingerprint density at radius 3 is 3.22 bits per heavy atom. The Bertz CT molecular complexity index is 473. The molecule has 96 valence electrons. The van der Waals surface area contributed by atoms with Crippen molar-refractivity contribution in [2.24, 2.45) is 0 Å². The molecule has 2 heterocycles. The fourth-order valence-corrected chi connectivity index (χ4v) is 2.61. The van der Waals surface area contributed by atoms with Crippen LogP contribution in [0.4, 0.5) is 5.69 Å². The molecule has 4 heteroatoms. The number of hydrogen-bond acceptors (Lipinski definition) is 3. The van der Waals surface area contributed by atoms with E-state index in [0.29, 0.717) is 19.7 Å². The molecular weight excluding hydrogens is 228 g/mol. The number of nitrogens with zero attached hydrogens (tertiary/aromatic N) is 1. The first kappa shape index (κ1) is 11.5. The van der Waals surface area contributed by atoms with E-state index in [-0.39, 0.29) is 12.0 Å². The molecule has 0 bridgehead atoms. The maximum absolute atomic E-state index is 12.4. The molecule has 0 spiro atoms. The van der Waals surface area contributed by atoms with Crippen molar-refractivity contribution in [3.05, 3.63) is 29.3 Å². The molecule has 1 aromatic rings. The summed E-state index contributed by atoms with van der Waals surface area (Å²) in [6, 6.07) is 5.98. The minimum absolute atomic E-state index is 0.113. The molecule has 18 heavy (non-hydrogen) atoms. The van der Waals surface area contributed by atoms with Crippen LogP contribution in [-0.2, 0) is 11.2 Å². The van der Waals surface area contributed by atoms with Gasteiger partial charge in [0.1, 0.15) is 0 Å². The molecule has 3 rings (SSSR count). The second kappa shape index (κ2) is 4.61. The molecule has 0 saturated carbocycles. The molecule has 0 aromatic heterocycles. The average molecular weight is 246 g/mol. The van der Waals surface area contributed by atoms with Gasteiger partial charge in [0.2, 0.25) is 0 Å². The van der Waals surface area contributed by atoms with E-state index in [0.717, 1.165) is 24.2 Å². The van der Waals surface area contributed by atoms with Gasteiger partial charge >= 0.3 is 0 Å². The highest BCUT2D eigenvalue weighted by atomic mass is 16.5. The first-order valence-electron chi connectivity index (χ1n) is 6.52. The summed E-state index contributed by atoms with van der Waals surface area (Å²) in [5.41, 5.74) is 3.20. The van der Waals surface area contributed by atoms with E-state index in [1.165, 1.54) is 5.56 Å². The second-order valence-electron chi connectivity index (χ2n) is 4.98. The number of amides is 1. The minimum atomic E-state index is 0.113. The van der Waals surface area contributed by atoms with Crippen LogP contribution in [0.15, 0.2) is 18.2 Å². The SMILES string of the molecule is CC1CN(C(=O)c2ccc3c(c2)NCC3)CCO1. The zero-order valence-corrected chi connectivity index (χ0v) is 10.6. The monoisotopic (exact) mass is 246 g/mol. The molecule has 1 unspecified atom stereocenters. The molecule has 1 N–H and O–H groups in total. The van der Waals surface area contributed by atoms with Crippen molar-refractivity contribution in [3.63, 3.8) is 0 Å². The van der Waals surface area contributed by atoms with E-state index in [1.54, 1.807) is 0 Å². The third-order valence-corrected chi connectivity index (χ3v) is 3.59. The van der Waals surface area contributed by atoms with E-state index in [4.69, 9.17) is 4.74 Å². The van der Waals surface area contributed by atoms with E-state index in [2.05, 4.69) is 11.4 Å². The van der Waals surface area contributed by atoms with Crippen LogP contribution in [0.1, 0.15) is 22.8 Å². The van der Waals surface area contributed by atoms with Gasteiger partial charge < -0.3 is 15.0 Å². The Hall–Kier alpha value is -1.55. The number of carbonyl (C=O) groups excluding carboxylic acids is 1. The average Bonchev–Trinajstić information content (AvgIpc) is 2.85. The van der Waals surface area contributed by atoms with Gasteiger partial charge in [-0.3, -0.25) is 4.79 Å². The highest BCUT2D eigenvalue weighted by molar-refractivity contribution is 5.95. The minimum Gasteiger partial charge on any atom is -0.384 e. The van der Waals surface area contributed by atoms with Gasteiger partial charge in [0.15, 0.2) is 0 Å². The van der Waals surface area contributed by atoms with Crippen LogP contribution in [0.2, 0.25) is 0 Å². The predicted molar refractivity (Wildman–Crippen MR) is 70.0 cm³/mol. The van der Waals surface area contributed by atoms with Crippen LogP contribution in [-0.4, -0.2) is 43.2 Å². The lowest BCUT2D eigenvalue weighted by atomic mass is 10.1. The summed E-state index contributed by atoms with van der Waals surface area (Å²) in [6.45, 7) is 4.98. The molecule has 1 amide bonds. The lowest BCUT2D eigenvalue weighted by molar-refractivity contribution is -0.0124. The van der Waals surface area contributed by atoms with Crippen molar-refractivity contribution in [1.82, 2.24) is 4.90 Å². The van der Waals surface area contributed by atoms with Gasteiger partial charge in [-0.15, -0.1) is 0 Å². The van der Waals surface area contributed by atoms with Gasteiger partial charge in [0.25, 0.3) is 5.91 Å². The predicted octanol–water partition coefficient (Wildman–Crippen LogP) is 1.52.